The number of rotatable bonds is 4. The molecule has 4 nitrogen and oxygen atoms in total. The second-order valence-corrected chi connectivity index (χ2v) is 7.65. The maximum Gasteiger partial charge on any atom is 0.295 e. The summed E-state index contributed by atoms with van der Waals surface area (Å²) in [6, 6.07) is 14.0. The van der Waals surface area contributed by atoms with Crippen molar-refractivity contribution in [2.75, 3.05) is 13.8 Å². The normalized spacial score (nSPS) is 12.9. The second kappa shape index (κ2) is 5.92. The van der Waals surface area contributed by atoms with E-state index in [-0.39, 0.29) is 4.90 Å². The standard InChI is InChI=1S/C14H15O4PS/c1-18-11-7-3-4-8-12(11)19(2)13-9-5-6-10-14(13)20(15,16)17/h3-10H,1-2H3,(H,15,16,17). The van der Waals surface area contributed by atoms with Gasteiger partial charge in [-0.25, -0.2) is 0 Å². The second-order valence-electron chi connectivity index (χ2n) is 4.17. The fraction of sp³-hybridized carbons (Fsp3) is 0.143. The van der Waals surface area contributed by atoms with Gasteiger partial charge in [0.25, 0.3) is 10.1 Å². The van der Waals surface area contributed by atoms with Crippen molar-refractivity contribution in [2.45, 2.75) is 4.90 Å². The quantitative estimate of drug-likeness (QED) is 0.693. The van der Waals surface area contributed by atoms with Gasteiger partial charge >= 0.3 is 0 Å². The predicted molar refractivity (Wildman–Crippen MR) is 81.4 cm³/mol. The summed E-state index contributed by atoms with van der Waals surface area (Å²) >= 11 is 0. The first-order chi connectivity index (χ1) is 9.45. The zero-order valence-corrected chi connectivity index (χ0v) is 12.9. The molecule has 0 aromatic heterocycles. The molecule has 1 atom stereocenters. The molecule has 1 unspecified atom stereocenters. The summed E-state index contributed by atoms with van der Waals surface area (Å²) < 4.78 is 37.6. The minimum atomic E-state index is -4.23. The molecule has 0 fully saturated rings. The van der Waals surface area contributed by atoms with Crippen molar-refractivity contribution in [1.29, 1.82) is 0 Å². The highest BCUT2D eigenvalue weighted by Crippen LogP contribution is 2.35. The van der Waals surface area contributed by atoms with Gasteiger partial charge in [0.05, 0.1) is 7.11 Å². The Kier molecular flexibility index (Phi) is 4.43. The van der Waals surface area contributed by atoms with Gasteiger partial charge in [-0.1, -0.05) is 36.4 Å². The summed E-state index contributed by atoms with van der Waals surface area (Å²) in [6.45, 7) is 1.94. The summed E-state index contributed by atoms with van der Waals surface area (Å²) in [7, 11) is -3.60. The smallest absolute Gasteiger partial charge is 0.295 e. The highest BCUT2D eigenvalue weighted by Gasteiger charge is 2.21. The molecule has 0 aliphatic heterocycles. The number of methoxy groups -OCH3 is 1. The third kappa shape index (κ3) is 3.01. The van der Waals surface area contributed by atoms with E-state index in [2.05, 4.69) is 0 Å². The summed E-state index contributed by atoms with van der Waals surface area (Å²) in [5.74, 6) is 0.714. The number of para-hydroxylation sites is 1. The van der Waals surface area contributed by atoms with E-state index in [9.17, 15) is 13.0 Å². The monoisotopic (exact) mass is 310 g/mol. The lowest BCUT2D eigenvalue weighted by molar-refractivity contribution is 0.418. The van der Waals surface area contributed by atoms with Gasteiger partial charge in [0.2, 0.25) is 0 Å². The van der Waals surface area contributed by atoms with Crippen molar-refractivity contribution in [1.82, 2.24) is 0 Å². The molecule has 106 valence electrons. The third-order valence-corrected chi connectivity index (χ3v) is 6.22. The SMILES string of the molecule is COc1ccccc1P(C)c1ccccc1S(=O)(=O)O. The molecule has 2 rings (SSSR count). The Hall–Kier alpha value is -1.42. The van der Waals surface area contributed by atoms with E-state index >= 15 is 0 Å². The minimum Gasteiger partial charge on any atom is -0.496 e. The van der Waals surface area contributed by atoms with Gasteiger partial charge in [-0.05, 0) is 26.7 Å². The Morgan fingerprint density at radius 3 is 2.15 bits per heavy atom. The molecular weight excluding hydrogens is 295 g/mol. The van der Waals surface area contributed by atoms with Crippen LogP contribution < -0.4 is 15.3 Å². The molecule has 2 aromatic rings. The van der Waals surface area contributed by atoms with Gasteiger partial charge < -0.3 is 4.74 Å². The summed E-state index contributed by atoms with van der Waals surface area (Å²) in [6.07, 6.45) is 0. The van der Waals surface area contributed by atoms with Crippen LogP contribution in [0.25, 0.3) is 0 Å². The number of benzene rings is 2. The van der Waals surface area contributed by atoms with Crippen LogP contribution in [0.1, 0.15) is 0 Å². The van der Waals surface area contributed by atoms with Crippen LogP contribution in [0, 0.1) is 0 Å². The third-order valence-electron chi connectivity index (χ3n) is 2.95. The molecule has 0 aliphatic carbocycles. The van der Waals surface area contributed by atoms with Crippen LogP contribution in [-0.4, -0.2) is 26.7 Å². The van der Waals surface area contributed by atoms with Crippen molar-refractivity contribution in [3.8, 4) is 5.75 Å². The van der Waals surface area contributed by atoms with Crippen LogP contribution in [0.5, 0.6) is 5.75 Å². The first kappa shape index (κ1) is 15.0. The average Bonchev–Trinajstić information content (AvgIpc) is 2.45. The highest BCUT2D eigenvalue weighted by molar-refractivity contribution is 7.87. The Labute approximate surface area is 119 Å². The lowest BCUT2D eigenvalue weighted by Gasteiger charge is -2.18. The molecule has 20 heavy (non-hydrogen) atoms. The fourth-order valence-corrected chi connectivity index (χ4v) is 5.11. The van der Waals surface area contributed by atoms with Gasteiger partial charge in [-0.3, -0.25) is 4.55 Å². The van der Waals surface area contributed by atoms with Gasteiger partial charge in [-0.2, -0.15) is 8.42 Å². The Morgan fingerprint density at radius 2 is 1.55 bits per heavy atom. The van der Waals surface area contributed by atoms with E-state index < -0.39 is 18.0 Å². The minimum absolute atomic E-state index is 0.0421. The van der Waals surface area contributed by atoms with Crippen LogP contribution in [-0.2, 0) is 10.1 Å². The van der Waals surface area contributed by atoms with Crippen LogP contribution >= 0.6 is 7.92 Å². The highest BCUT2D eigenvalue weighted by atomic mass is 32.2. The molecule has 0 spiro atoms. The largest absolute Gasteiger partial charge is 0.496 e. The van der Waals surface area contributed by atoms with Gasteiger partial charge in [0, 0.05) is 10.6 Å². The lowest BCUT2D eigenvalue weighted by Crippen LogP contribution is -2.19. The number of hydrogen-bond acceptors (Lipinski definition) is 3. The van der Waals surface area contributed by atoms with Crippen LogP contribution in [0.4, 0.5) is 0 Å². The van der Waals surface area contributed by atoms with Crippen LogP contribution in [0.2, 0.25) is 0 Å². The van der Waals surface area contributed by atoms with Gasteiger partial charge in [0.1, 0.15) is 10.6 Å². The molecule has 0 bridgehead atoms. The van der Waals surface area contributed by atoms with Crippen molar-refractivity contribution < 1.29 is 17.7 Å². The topological polar surface area (TPSA) is 63.6 Å². The van der Waals surface area contributed by atoms with Crippen LogP contribution in [0.3, 0.4) is 0 Å². The molecule has 0 aliphatic rings. The van der Waals surface area contributed by atoms with E-state index in [1.54, 1.807) is 25.3 Å². The maximum absolute atomic E-state index is 11.5. The average molecular weight is 310 g/mol. The van der Waals surface area contributed by atoms with Crippen molar-refractivity contribution in [3.63, 3.8) is 0 Å². The molecule has 0 saturated carbocycles. The molecule has 0 heterocycles. The van der Waals surface area contributed by atoms with E-state index in [0.717, 1.165) is 5.30 Å². The predicted octanol–water partition coefficient (Wildman–Crippen LogP) is 2.00. The Morgan fingerprint density at radius 1 is 1.00 bits per heavy atom. The number of hydrogen-bond donors (Lipinski definition) is 1. The lowest BCUT2D eigenvalue weighted by atomic mass is 10.3. The van der Waals surface area contributed by atoms with E-state index in [1.807, 2.05) is 30.9 Å². The van der Waals surface area contributed by atoms with Gasteiger partial charge in [-0.15, -0.1) is 0 Å². The molecule has 2 aromatic carbocycles. The molecule has 0 saturated heterocycles. The van der Waals surface area contributed by atoms with Crippen molar-refractivity contribution in [3.05, 3.63) is 48.5 Å². The summed E-state index contributed by atoms with van der Waals surface area (Å²) in [5, 5.41) is 1.54. The molecule has 6 heteroatoms. The first-order valence-electron chi connectivity index (χ1n) is 5.88. The molecular formula is C14H15O4PS. The molecule has 0 radical (unpaired) electrons. The van der Waals surface area contributed by atoms with Crippen LogP contribution in [0.15, 0.2) is 53.4 Å². The molecule has 1 N–H and O–H groups in total. The van der Waals surface area contributed by atoms with Crippen molar-refractivity contribution >= 4 is 28.6 Å². The number of ether oxygens (including phenoxy) is 1. The maximum atomic E-state index is 11.5. The van der Waals surface area contributed by atoms with E-state index in [4.69, 9.17) is 4.74 Å². The summed E-state index contributed by atoms with van der Waals surface area (Å²) in [4.78, 5) is -0.0421. The van der Waals surface area contributed by atoms with Gasteiger partial charge in [0.15, 0.2) is 0 Å². The zero-order chi connectivity index (χ0) is 14.8. The van der Waals surface area contributed by atoms with Crippen molar-refractivity contribution in [2.24, 2.45) is 0 Å². The Bertz CT molecular complexity index is 713. The zero-order valence-electron chi connectivity index (χ0n) is 11.1. The van der Waals surface area contributed by atoms with E-state index in [1.165, 1.54) is 6.07 Å². The summed E-state index contributed by atoms with van der Waals surface area (Å²) in [5.41, 5.74) is 0. The fourth-order valence-electron chi connectivity index (χ4n) is 1.99. The first-order valence-corrected chi connectivity index (χ1v) is 9.11. The molecule has 0 amide bonds. The Balaban J connectivity index is 2.57. The van der Waals surface area contributed by atoms with E-state index in [0.29, 0.717) is 11.1 Å².